The number of methoxy groups -OCH3 is 1. The number of likely N-dealkylation sites (tertiary alicyclic amines) is 1. The van der Waals surface area contributed by atoms with Gasteiger partial charge in [0.15, 0.2) is 0 Å². The summed E-state index contributed by atoms with van der Waals surface area (Å²) >= 11 is 0. The number of carbonyl (C=O) groups excluding carboxylic acids is 2. The van der Waals surface area contributed by atoms with Crippen molar-refractivity contribution in [1.29, 1.82) is 0 Å². The maximum absolute atomic E-state index is 12.4. The topological polar surface area (TPSA) is 81.9 Å². The minimum atomic E-state index is -0.958. The van der Waals surface area contributed by atoms with Gasteiger partial charge in [-0.3, -0.25) is 4.79 Å². The summed E-state index contributed by atoms with van der Waals surface area (Å²) in [6.07, 6.45) is 9.14. The van der Waals surface area contributed by atoms with E-state index >= 15 is 0 Å². The lowest BCUT2D eigenvalue weighted by atomic mass is 9.78. The minimum Gasteiger partial charge on any atom is -0.468 e. The standard InChI is InChI=1S/C21H38N2O4/c1-20(2,3)27-19(25)23-13-11-17(15-23)14-21(22,18(24)26-4)12-10-16-8-6-5-7-9-16/h16-17H,5-15,22H2,1-4H3. The third-order valence-electron chi connectivity index (χ3n) is 5.91. The fraction of sp³-hybridized carbons (Fsp3) is 0.905. The number of nitrogens with zero attached hydrogens (tertiary/aromatic N) is 1. The molecule has 1 amide bonds. The van der Waals surface area contributed by atoms with Crippen LogP contribution in [0.3, 0.4) is 0 Å². The van der Waals surface area contributed by atoms with Gasteiger partial charge in [-0.05, 0) is 58.3 Å². The van der Waals surface area contributed by atoms with Crippen LogP contribution >= 0.6 is 0 Å². The maximum atomic E-state index is 12.4. The zero-order valence-electron chi connectivity index (χ0n) is 17.6. The van der Waals surface area contributed by atoms with Gasteiger partial charge >= 0.3 is 12.1 Å². The zero-order valence-corrected chi connectivity index (χ0v) is 17.6. The van der Waals surface area contributed by atoms with Crippen molar-refractivity contribution in [2.24, 2.45) is 17.6 Å². The molecular formula is C21H38N2O4. The fourth-order valence-corrected chi connectivity index (χ4v) is 4.43. The highest BCUT2D eigenvalue weighted by atomic mass is 16.6. The Labute approximate surface area is 164 Å². The van der Waals surface area contributed by atoms with Crippen molar-refractivity contribution in [3.05, 3.63) is 0 Å². The van der Waals surface area contributed by atoms with Gasteiger partial charge in [-0.2, -0.15) is 0 Å². The average molecular weight is 383 g/mol. The van der Waals surface area contributed by atoms with E-state index in [1.54, 1.807) is 4.90 Å². The van der Waals surface area contributed by atoms with Crippen molar-refractivity contribution in [2.45, 2.75) is 89.7 Å². The van der Waals surface area contributed by atoms with Gasteiger partial charge in [0.05, 0.1) is 7.11 Å². The Morgan fingerprint density at radius 1 is 1.07 bits per heavy atom. The summed E-state index contributed by atoms with van der Waals surface area (Å²) in [6.45, 7) is 6.84. The van der Waals surface area contributed by atoms with E-state index < -0.39 is 11.1 Å². The third-order valence-corrected chi connectivity index (χ3v) is 5.91. The smallest absolute Gasteiger partial charge is 0.410 e. The van der Waals surface area contributed by atoms with Gasteiger partial charge in [-0.25, -0.2) is 4.79 Å². The summed E-state index contributed by atoms with van der Waals surface area (Å²) < 4.78 is 10.5. The molecule has 0 aromatic rings. The summed E-state index contributed by atoms with van der Waals surface area (Å²) in [5.74, 6) is 0.551. The predicted molar refractivity (Wildman–Crippen MR) is 105 cm³/mol. The molecule has 6 heteroatoms. The van der Waals surface area contributed by atoms with Crippen LogP contribution in [0.15, 0.2) is 0 Å². The molecule has 1 saturated heterocycles. The molecule has 2 atom stereocenters. The van der Waals surface area contributed by atoms with E-state index in [-0.39, 0.29) is 18.0 Å². The van der Waals surface area contributed by atoms with Gasteiger partial charge in [0, 0.05) is 13.1 Å². The highest BCUT2D eigenvalue weighted by Gasteiger charge is 2.41. The maximum Gasteiger partial charge on any atom is 0.410 e. The van der Waals surface area contributed by atoms with E-state index in [4.69, 9.17) is 15.2 Å². The number of nitrogens with two attached hydrogens (primary N) is 1. The summed E-state index contributed by atoms with van der Waals surface area (Å²) in [5.41, 5.74) is 5.10. The van der Waals surface area contributed by atoms with Crippen LogP contribution in [0.4, 0.5) is 4.79 Å². The number of hydrogen-bond donors (Lipinski definition) is 1. The first kappa shape index (κ1) is 22.0. The Morgan fingerprint density at radius 2 is 1.74 bits per heavy atom. The second-order valence-corrected chi connectivity index (χ2v) is 9.48. The highest BCUT2D eigenvalue weighted by molar-refractivity contribution is 5.80. The van der Waals surface area contributed by atoms with Crippen LogP contribution in [0.5, 0.6) is 0 Å². The number of hydrogen-bond acceptors (Lipinski definition) is 5. The van der Waals surface area contributed by atoms with Gasteiger partial charge in [0.25, 0.3) is 0 Å². The Bertz CT molecular complexity index is 511. The van der Waals surface area contributed by atoms with Crippen molar-refractivity contribution in [1.82, 2.24) is 4.90 Å². The van der Waals surface area contributed by atoms with E-state index in [0.29, 0.717) is 31.8 Å². The van der Waals surface area contributed by atoms with E-state index in [1.165, 1.54) is 39.2 Å². The van der Waals surface area contributed by atoms with E-state index in [1.807, 2.05) is 20.8 Å². The molecule has 2 aliphatic rings. The molecule has 6 nitrogen and oxygen atoms in total. The van der Waals surface area contributed by atoms with Gasteiger partial charge in [-0.15, -0.1) is 0 Å². The molecule has 2 unspecified atom stereocenters. The highest BCUT2D eigenvalue weighted by Crippen LogP contribution is 2.33. The number of esters is 1. The first-order valence-electron chi connectivity index (χ1n) is 10.5. The van der Waals surface area contributed by atoms with Crippen molar-refractivity contribution in [2.75, 3.05) is 20.2 Å². The Kier molecular flexibility index (Phi) is 7.55. The lowest BCUT2D eigenvalue weighted by Gasteiger charge is -2.32. The van der Waals surface area contributed by atoms with Crippen molar-refractivity contribution >= 4 is 12.1 Å². The molecule has 1 saturated carbocycles. The second-order valence-electron chi connectivity index (χ2n) is 9.48. The molecule has 0 aromatic carbocycles. The normalized spacial score (nSPS) is 23.7. The SMILES string of the molecule is COC(=O)C(N)(CCC1CCCCC1)CC1CCN(C(=O)OC(C)(C)C)C1. The van der Waals surface area contributed by atoms with Crippen LogP contribution in [0.2, 0.25) is 0 Å². The minimum absolute atomic E-state index is 0.202. The number of ether oxygens (including phenoxy) is 2. The van der Waals surface area contributed by atoms with Gasteiger partial charge in [-0.1, -0.05) is 32.1 Å². The number of carbonyl (C=O) groups is 2. The zero-order chi connectivity index (χ0) is 20.1. The van der Waals surface area contributed by atoms with E-state index in [2.05, 4.69) is 0 Å². The molecule has 0 bridgehead atoms. The number of rotatable bonds is 6. The van der Waals surface area contributed by atoms with E-state index in [9.17, 15) is 9.59 Å². The van der Waals surface area contributed by atoms with Crippen LogP contribution in [-0.2, 0) is 14.3 Å². The molecule has 2 rings (SSSR count). The summed E-state index contributed by atoms with van der Waals surface area (Å²) in [7, 11) is 1.41. The Morgan fingerprint density at radius 3 is 2.33 bits per heavy atom. The monoisotopic (exact) mass is 382 g/mol. The van der Waals surface area contributed by atoms with Crippen LogP contribution in [0.1, 0.15) is 78.6 Å². The van der Waals surface area contributed by atoms with Crippen LogP contribution in [-0.4, -0.2) is 48.3 Å². The Hall–Kier alpha value is -1.30. The molecule has 1 heterocycles. The molecule has 1 aliphatic heterocycles. The first-order chi connectivity index (χ1) is 12.6. The molecule has 0 spiro atoms. The quantitative estimate of drug-likeness (QED) is 0.705. The lowest BCUT2D eigenvalue weighted by molar-refractivity contribution is -0.148. The second kappa shape index (κ2) is 9.26. The van der Waals surface area contributed by atoms with Crippen LogP contribution < -0.4 is 5.73 Å². The molecule has 156 valence electrons. The molecule has 2 fully saturated rings. The summed E-state index contributed by atoms with van der Waals surface area (Å²) in [4.78, 5) is 26.5. The first-order valence-corrected chi connectivity index (χ1v) is 10.5. The van der Waals surface area contributed by atoms with E-state index in [0.717, 1.165) is 12.8 Å². The molecule has 2 N–H and O–H groups in total. The summed E-state index contributed by atoms with van der Waals surface area (Å²) in [5, 5.41) is 0. The predicted octanol–water partition coefficient (Wildman–Crippen LogP) is 3.86. The third kappa shape index (κ3) is 6.66. The molecule has 0 radical (unpaired) electrons. The lowest BCUT2D eigenvalue weighted by Crippen LogP contribution is -2.50. The van der Waals surface area contributed by atoms with Gasteiger partial charge in [0.1, 0.15) is 11.1 Å². The van der Waals surface area contributed by atoms with Gasteiger partial charge < -0.3 is 20.1 Å². The van der Waals surface area contributed by atoms with Crippen molar-refractivity contribution in [3.8, 4) is 0 Å². The van der Waals surface area contributed by atoms with Crippen LogP contribution in [0.25, 0.3) is 0 Å². The number of amides is 1. The molecule has 27 heavy (non-hydrogen) atoms. The van der Waals surface area contributed by atoms with Crippen LogP contribution in [0, 0.1) is 11.8 Å². The van der Waals surface area contributed by atoms with Crippen molar-refractivity contribution in [3.63, 3.8) is 0 Å². The molecular weight excluding hydrogens is 344 g/mol. The fourth-order valence-electron chi connectivity index (χ4n) is 4.43. The molecule has 1 aliphatic carbocycles. The molecule has 0 aromatic heterocycles. The summed E-state index contributed by atoms with van der Waals surface area (Å²) in [6, 6.07) is 0. The Balaban J connectivity index is 1.91. The largest absolute Gasteiger partial charge is 0.468 e. The van der Waals surface area contributed by atoms with Crippen molar-refractivity contribution < 1.29 is 19.1 Å². The average Bonchev–Trinajstić information content (AvgIpc) is 3.07. The van der Waals surface area contributed by atoms with Gasteiger partial charge in [0.2, 0.25) is 0 Å².